The molecule has 6 heteroatoms. The molecule has 4 nitrogen and oxygen atoms in total. The molecule has 2 rings (SSSR count). The van der Waals surface area contributed by atoms with E-state index in [0.29, 0.717) is 6.42 Å². The van der Waals surface area contributed by atoms with Gasteiger partial charge >= 0.3 is 0 Å². The Labute approximate surface area is 164 Å². The molecule has 2 aromatic rings. The lowest BCUT2D eigenvalue weighted by Gasteiger charge is -2.19. The number of benzene rings is 2. The molecule has 1 atom stereocenters. The number of halogens is 2. The van der Waals surface area contributed by atoms with Gasteiger partial charge in [-0.15, -0.1) is 0 Å². The van der Waals surface area contributed by atoms with Crippen molar-refractivity contribution in [2.24, 2.45) is 0 Å². The molecule has 150 valence electrons. The number of carbonyl (C=O) groups excluding carboxylic acids is 2. The highest BCUT2D eigenvalue weighted by Gasteiger charge is 2.23. The van der Waals surface area contributed by atoms with Crippen molar-refractivity contribution < 1.29 is 18.4 Å². The first-order chi connectivity index (χ1) is 13.1. The number of amides is 2. The van der Waals surface area contributed by atoms with Gasteiger partial charge in [0.15, 0.2) is 11.6 Å². The molecule has 28 heavy (non-hydrogen) atoms. The molecule has 2 N–H and O–H groups in total. The van der Waals surface area contributed by atoms with Crippen LogP contribution in [0.3, 0.4) is 0 Å². The summed E-state index contributed by atoms with van der Waals surface area (Å²) in [5, 5.41) is 5.02. The minimum atomic E-state index is -1.09. The lowest BCUT2D eigenvalue weighted by molar-refractivity contribution is -0.128. The maximum atomic E-state index is 13.5. The standard InChI is InChI=1S/C22H26F2N2O2/c1-22(2,3)16-9-5-14(6-10-16)7-12-19(27)26-20(21(28)25-4)15-8-11-17(23)18(24)13-15/h5-6,8-11,13,20H,7,12H2,1-4H3,(H,25,28)(H,26,27). The predicted molar refractivity (Wildman–Crippen MR) is 105 cm³/mol. The molecular weight excluding hydrogens is 362 g/mol. The number of hydrogen-bond acceptors (Lipinski definition) is 2. The van der Waals surface area contributed by atoms with E-state index in [2.05, 4.69) is 31.4 Å². The first-order valence-electron chi connectivity index (χ1n) is 9.17. The zero-order valence-corrected chi connectivity index (χ0v) is 16.6. The Morgan fingerprint density at radius 1 is 1.00 bits per heavy atom. The van der Waals surface area contributed by atoms with Crippen LogP contribution in [0, 0.1) is 11.6 Å². The van der Waals surface area contributed by atoms with Crippen LogP contribution in [0.25, 0.3) is 0 Å². The highest BCUT2D eigenvalue weighted by molar-refractivity contribution is 5.88. The maximum Gasteiger partial charge on any atom is 0.246 e. The zero-order chi connectivity index (χ0) is 20.9. The van der Waals surface area contributed by atoms with E-state index < -0.39 is 23.6 Å². The minimum Gasteiger partial charge on any atom is -0.357 e. The Kier molecular flexibility index (Phi) is 6.89. The molecule has 2 amide bonds. The average molecular weight is 388 g/mol. The Morgan fingerprint density at radius 2 is 1.64 bits per heavy atom. The summed E-state index contributed by atoms with van der Waals surface area (Å²) in [5.74, 6) is -2.93. The van der Waals surface area contributed by atoms with Crippen LogP contribution < -0.4 is 10.6 Å². The molecular formula is C22H26F2N2O2. The fourth-order valence-electron chi connectivity index (χ4n) is 2.80. The molecule has 0 radical (unpaired) electrons. The van der Waals surface area contributed by atoms with Crippen molar-refractivity contribution in [3.05, 3.63) is 70.8 Å². The van der Waals surface area contributed by atoms with Crippen LogP contribution in [0.2, 0.25) is 0 Å². The van der Waals surface area contributed by atoms with Crippen molar-refractivity contribution in [2.45, 2.75) is 45.1 Å². The largest absolute Gasteiger partial charge is 0.357 e. The Hall–Kier alpha value is -2.76. The van der Waals surface area contributed by atoms with Gasteiger partial charge in [-0.1, -0.05) is 51.1 Å². The number of aryl methyl sites for hydroxylation is 1. The quantitative estimate of drug-likeness (QED) is 0.791. The second kappa shape index (κ2) is 8.95. The number of hydrogen-bond donors (Lipinski definition) is 2. The normalized spacial score (nSPS) is 12.4. The molecule has 0 aliphatic rings. The lowest BCUT2D eigenvalue weighted by atomic mass is 9.86. The van der Waals surface area contributed by atoms with Crippen molar-refractivity contribution in [2.75, 3.05) is 7.05 Å². The number of rotatable bonds is 6. The maximum absolute atomic E-state index is 13.5. The molecule has 0 aliphatic carbocycles. The highest BCUT2D eigenvalue weighted by Crippen LogP contribution is 2.22. The van der Waals surface area contributed by atoms with E-state index in [9.17, 15) is 18.4 Å². The van der Waals surface area contributed by atoms with Crippen molar-refractivity contribution in [3.8, 4) is 0 Å². The summed E-state index contributed by atoms with van der Waals surface area (Å²) < 4.78 is 26.7. The van der Waals surface area contributed by atoms with Gasteiger partial charge in [-0.2, -0.15) is 0 Å². The third-order valence-electron chi connectivity index (χ3n) is 4.55. The van der Waals surface area contributed by atoms with Crippen LogP contribution in [0.1, 0.15) is 49.9 Å². The SMILES string of the molecule is CNC(=O)C(NC(=O)CCc1ccc(C(C)(C)C)cc1)c1ccc(F)c(F)c1. The van der Waals surface area contributed by atoms with Crippen molar-refractivity contribution in [3.63, 3.8) is 0 Å². The Morgan fingerprint density at radius 3 is 2.18 bits per heavy atom. The molecule has 1 unspecified atom stereocenters. The molecule has 2 aromatic carbocycles. The Bertz CT molecular complexity index is 843. The fourth-order valence-corrected chi connectivity index (χ4v) is 2.80. The van der Waals surface area contributed by atoms with E-state index in [1.165, 1.54) is 18.7 Å². The third kappa shape index (κ3) is 5.62. The topological polar surface area (TPSA) is 58.2 Å². The molecule has 0 saturated heterocycles. The van der Waals surface area contributed by atoms with Gasteiger partial charge in [0.2, 0.25) is 11.8 Å². The van der Waals surface area contributed by atoms with Crippen LogP contribution in [-0.2, 0) is 21.4 Å². The van der Waals surface area contributed by atoms with Crippen LogP contribution in [0.15, 0.2) is 42.5 Å². The van der Waals surface area contributed by atoms with Gasteiger partial charge in [-0.25, -0.2) is 8.78 Å². The van der Waals surface area contributed by atoms with Crippen LogP contribution in [0.4, 0.5) is 8.78 Å². The van der Waals surface area contributed by atoms with Gasteiger partial charge in [-0.05, 0) is 40.7 Å². The molecule has 0 fully saturated rings. The molecule has 0 aromatic heterocycles. The van der Waals surface area contributed by atoms with E-state index in [-0.39, 0.29) is 23.3 Å². The second-order valence-corrected chi connectivity index (χ2v) is 7.74. The minimum absolute atomic E-state index is 0.0566. The first kappa shape index (κ1) is 21.5. The fraction of sp³-hybridized carbons (Fsp3) is 0.364. The second-order valence-electron chi connectivity index (χ2n) is 7.74. The summed E-state index contributed by atoms with van der Waals surface area (Å²) >= 11 is 0. The molecule has 0 bridgehead atoms. The summed E-state index contributed by atoms with van der Waals surface area (Å²) in [6, 6.07) is 10.1. The van der Waals surface area contributed by atoms with Crippen LogP contribution in [-0.4, -0.2) is 18.9 Å². The molecule has 0 heterocycles. The van der Waals surface area contributed by atoms with Crippen molar-refractivity contribution >= 4 is 11.8 Å². The van der Waals surface area contributed by atoms with Gasteiger partial charge < -0.3 is 10.6 Å². The van der Waals surface area contributed by atoms with E-state index in [0.717, 1.165) is 17.7 Å². The molecule has 0 aliphatic heterocycles. The summed E-state index contributed by atoms with van der Waals surface area (Å²) in [7, 11) is 1.41. The predicted octanol–water partition coefficient (Wildman–Crippen LogP) is 3.80. The van der Waals surface area contributed by atoms with Crippen LogP contribution >= 0.6 is 0 Å². The van der Waals surface area contributed by atoms with Gasteiger partial charge in [0, 0.05) is 13.5 Å². The molecule has 0 saturated carbocycles. The average Bonchev–Trinajstić information content (AvgIpc) is 2.65. The van der Waals surface area contributed by atoms with Gasteiger partial charge in [-0.3, -0.25) is 9.59 Å². The Balaban J connectivity index is 2.03. The van der Waals surface area contributed by atoms with E-state index in [4.69, 9.17) is 0 Å². The van der Waals surface area contributed by atoms with Gasteiger partial charge in [0.25, 0.3) is 0 Å². The van der Waals surface area contributed by atoms with E-state index in [1.54, 1.807) is 0 Å². The first-order valence-corrected chi connectivity index (χ1v) is 9.17. The van der Waals surface area contributed by atoms with Crippen molar-refractivity contribution in [1.29, 1.82) is 0 Å². The monoisotopic (exact) mass is 388 g/mol. The summed E-state index contributed by atoms with van der Waals surface area (Å²) in [4.78, 5) is 24.4. The lowest BCUT2D eigenvalue weighted by Crippen LogP contribution is -2.39. The number of nitrogens with one attached hydrogen (secondary N) is 2. The summed E-state index contributed by atoms with van der Waals surface area (Å²) in [6.07, 6.45) is 0.681. The number of likely N-dealkylation sites (N-methyl/N-ethyl adjacent to an activating group) is 1. The summed E-state index contributed by atoms with van der Waals surface area (Å²) in [5.41, 5.74) is 2.45. The van der Waals surface area contributed by atoms with E-state index in [1.807, 2.05) is 24.3 Å². The van der Waals surface area contributed by atoms with Crippen LogP contribution in [0.5, 0.6) is 0 Å². The van der Waals surface area contributed by atoms with E-state index >= 15 is 0 Å². The van der Waals surface area contributed by atoms with Crippen molar-refractivity contribution in [1.82, 2.24) is 10.6 Å². The number of carbonyl (C=O) groups is 2. The zero-order valence-electron chi connectivity index (χ0n) is 16.6. The highest BCUT2D eigenvalue weighted by atomic mass is 19.2. The molecule has 0 spiro atoms. The van der Waals surface area contributed by atoms with Gasteiger partial charge in [0.05, 0.1) is 0 Å². The summed E-state index contributed by atoms with van der Waals surface area (Å²) in [6.45, 7) is 6.39. The van der Waals surface area contributed by atoms with Gasteiger partial charge in [0.1, 0.15) is 6.04 Å². The third-order valence-corrected chi connectivity index (χ3v) is 4.55. The smallest absolute Gasteiger partial charge is 0.246 e.